The maximum atomic E-state index is 14.3. The monoisotopic (exact) mass is 553 g/mol. The molecule has 0 bridgehead atoms. The Morgan fingerprint density at radius 2 is 1.93 bits per heavy atom. The topological polar surface area (TPSA) is 72.3 Å². The molecular weight excluding hydrogens is 519 g/mol. The second-order valence-electron chi connectivity index (χ2n) is 11.9. The lowest BCUT2D eigenvalue weighted by molar-refractivity contribution is -0.138. The molecule has 2 saturated carbocycles. The first-order valence-electron chi connectivity index (χ1n) is 13.8. The van der Waals surface area contributed by atoms with Crippen molar-refractivity contribution in [3.8, 4) is 0 Å². The number of rotatable bonds is 7. The third kappa shape index (κ3) is 4.32. The van der Waals surface area contributed by atoms with Gasteiger partial charge in [-0.05, 0) is 86.9 Å². The molecule has 3 aliphatic rings. The quantitative estimate of drug-likeness (QED) is 0.408. The van der Waals surface area contributed by atoms with Gasteiger partial charge in [0.25, 0.3) is 5.91 Å². The Kier molecular flexibility index (Phi) is 6.34. The number of halogens is 3. The number of hydrogen-bond acceptors (Lipinski definition) is 5. The highest BCUT2D eigenvalue weighted by atomic mass is 19.4. The van der Waals surface area contributed by atoms with Crippen molar-refractivity contribution in [3.05, 3.63) is 76.4 Å². The summed E-state index contributed by atoms with van der Waals surface area (Å²) in [7, 11) is 3.57. The van der Waals surface area contributed by atoms with Gasteiger partial charge in [-0.3, -0.25) is 4.79 Å². The van der Waals surface area contributed by atoms with Crippen molar-refractivity contribution in [2.75, 3.05) is 12.0 Å². The highest BCUT2D eigenvalue weighted by Gasteiger charge is 2.50. The molecule has 0 spiro atoms. The number of anilines is 1. The minimum atomic E-state index is -4.57. The van der Waals surface area contributed by atoms with Gasteiger partial charge < -0.3 is 19.5 Å². The first-order valence-corrected chi connectivity index (χ1v) is 13.8. The van der Waals surface area contributed by atoms with Crippen LogP contribution in [0.5, 0.6) is 0 Å². The van der Waals surface area contributed by atoms with Gasteiger partial charge in [-0.15, -0.1) is 10.2 Å². The lowest BCUT2D eigenvalue weighted by atomic mass is 9.62. The van der Waals surface area contributed by atoms with E-state index in [1.54, 1.807) is 25.6 Å². The van der Waals surface area contributed by atoms with Gasteiger partial charge in [0.2, 0.25) is 0 Å². The van der Waals surface area contributed by atoms with E-state index in [-0.39, 0.29) is 35.4 Å². The van der Waals surface area contributed by atoms with Crippen LogP contribution in [0.2, 0.25) is 0 Å². The largest absolute Gasteiger partial charge is 0.416 e. The fourth-order valence-electron chi connectivity index (χ4n) is 6.72. The second-order valence-corrected chi connectivity index (χ2v) is 11.9. The number of carbonyl (C=O) groups is 1. The number of aryl methyl sites for hydroxylation is 1. The second kappa shape index (κ2) is 9.41. The van der Waals surface area contributed by atoms with E-state index in [0.717, 1.165) is 30.7 Å². The molecule has 1 aromatic heterocycles. The molecule has 6 rings (SSSR count). The molecule has 2 heterocycles. The third-order valence-electron chi connectivity index (χ3n) is 9.23. The standard InChI is InChI=1S/C30H34F3N5O2/c1-18(35-28(2)9-6-10-28)19-11-23-24(25(12-19)30(31,32)33)16-38(26(23)39)21-8-5-7-20(13-21)29(14-22(15-29)40-4)27-36-34-17-37(27)3/h5,7-8,11-13,17-18,22,35H,6,9-10,14-16H2,1-4H3/t18-,22-,29+/m0/s1. The maximum Gasteiger partial charge on any atom is 0.416 e. The molecule has 1 atom stereocenters. The zero-order valence-corrected chi connectivity index (χ0v) is 23.2. The molecule has 7 nitrogen and oxygen atoms in total. The number of benzene rings is 2. The molecule has 3 aromatic rings. The fourth-order valence-corrected chi connectivity index (χ4v) is 6.72. The first-order chi connectivity index (χ1) is 18.9. The summed E-state index contributed by atoms with van der Waals surface area (Å²) in [6, 6.07) is 10.0. The number of methoxy groups -OCH3 is 1. The maximum absolute atomic E-state index is 14.3. The Labute approximate surface area is 231 Å². The predicted molar refractivity (Wildman–Crippen MR) is 144 cm³/mol. The fraction of sp³-hybridized carbons (Fsp3) is 0.500. The summed E-state index contributed by atoms with van der Waals surface area (Å²) in [5.74, 6) is 0.372. The summed E-state index contributed by atoms with van der Waals surface area (Å²) in [5, 5.41) is 11.9. The van der Waals surface area contributed by atoms with E-state index in [1.807, 2.05) is 36.7 Å². The van der Waals surface area contributed by atoms with Crippen LogP contribution in [0.3, 0.4) is 0 Å². The average Bonchev–Trinajstić information content (AvgIpc) is 3.45. The molecular formula is C30H34F3N5O2. The van der Waals surface area contributed by atoms with E-state index >= 15 is 0 Å². The van der Waals surface area contributed by atoms with E-state index in [1.165, 1.54) is 11.0 Å². The first kappa shape index (κ1) is 27.0. The van der Waals surface area contributed by atoms with E-state index in [9.17, 15) is 18.0 Å². The van der Waals surface area contributed by atoms with E-state index in [2.05, 4.69) is 22.4 Å². The molecule has 1 N–H and O–H groups in total. The number of hydrogen-bond donors (Lipinski definition) is 1. The Hall–Kier alpha value is -3.24. The van der Waals surface area contributed by atoms with Crippen LogP contribution < -0.4 is 10.2 Å². The van der Waals surface area contributed by atoms with Crippen LogP contribution in [-0.4, -0.2) is 39.4 Å². The number of nitrogens with zero attached hydrogens (tertiary/aromatic N) is 4. The molecule has 10 heteroatoms. The molecule has 0 unspecified atom stereocenters. The number of alkyl halides is 3. The molecule has 1 amide bonds. The number of aromatic nitrogens is 3. The van der Waals surface area contributed by atoms with Crippen molar-refractivity contribution in [2.24, 2.45) is 7.05 Å². The van der Waals surface area contributed by atoms with Crippen LogP contribution in [0, 0.1) is 0 Å². The van der Waals surface area contributed by atoms with Gasteiger partial charge in [-0.1, -0.05) is 12.1 Å². The van der Waals surface area contributed by atoms with Crippen LogP contribution in [-0.2, 0) is 29.9 Å². The number of fused-ring (bicyclic) bond motifs is 1. The van der Waals surface area contributed by atoms with Crippen LogP contribution in [0.15, 0.2) is 42.7 Å². The molecule has 0 radical (unpaired) electrons. The average molecular weight is 554 g/mol. The number of nitrogens with one attached hydrogen (secondary N) is 1. The van der Waals surface area contributed by atoms with E-state index in [4.69, 9.17) is 4.74 Å². The molecule has 0 saturated heterocycles. The summed E-state index contributed by atoms with van der Waals surface area (Å²) >= 11 is 0. The molecule has 2 aromatic carbocycles. The zero-order valence-electron chi connectivity index (χ0n) is 23.2. The highest BCUT2D eigenvalue weighted by molar-refractivity contribution is 6.10. The van der Waals surface area contributed by atoms with Crippen molar-refractivity contribution >= 4 is 11.6 Å². The third-order valence-corrected chi connectivity index (χ3v) is 9.23. The van der Waals surface area contributed by atoms with Crippen molar-refractivity contribution in [3.63, 3.8) is 0 Å². The summed E-state index contributed by atoms with van der Waals surface area (Å²) in [5.41, 5.74) is 0.830. The van der Waals surface area contributed by atoms with E-state index in [0.29, 0.717) is 24.1 Å². The summed E-state index contributed by atoms with van der Waals surface area (Å²) < 4.78 is 50.4. The van der Waals surface area contributed by atoms with Gasteiger partial charge in [0.1, 0.15) is 12.2 Å². The molecule has 2 aliphatic carbocycles. The van der Waals surface area contributed by atoms with Crippen molar-refractivity contribution < 1.29 is 22.7 Å². The minimum Gasteiger partial charge on any atom is -0.381 e. The Morgan fingerprint density at radius 3 is 2.52 bits per heavy atom. The Bertz CT molecular complexity index is 1460. The minimum absolute atomic E-state index is 0.0276. The Balaban J connectivity index is 1.36. The van der Waals surface area contributed by atoms with Crippen LogP contribution >= 0.6 is 0 Å². The van der Waals surface area contributed by atoms with Gasteiger partial charge >= 0.3 is 6.18 Å². The molecule has 1 aliphatic heterocycles. The zero-order chi connectivity index (χ0) is 28.4. The molecule has 40 heavy (non-hydrogen) atoms. The van der Waals surface area contributed by atoms with Gasteiger partial charge in [-0.25, -0.2) is 0 Å². The summed E-state index contributed by atoms with van der Waals surface area (Å²) in [6.45, 7) is 3.82. The van der Waals surface area contributed by atoms with Gasteiger partial charge in [0.15, 0.2) is 0 Å². The summed E-state index contributed by atoms with van der Waals surface area (Å²) in [6.07, 6.45) is 1.59. The van der Waals surface area contributed by atoms with Gasteiger partial charge in [0.05, 0.1) is 23.6 Å². The normalized spacial score (nSPS) is 24.4. The predicted octanol–water partition coefficient (Wildman–Crippen LogP) is 5.68. The van der Waals surface area contributed by atoms with Crippen molar-refractivity contribution in [1.82, 2.24) is 20.1 Å². The number of amides is 1. The SMILES string of the molecule is CO[C@H]1C[C@@](c2cccc(N3Cc4c(cc([C@H](C)NC5(C)CCC5)cc4C(F)(F)F)C3=O)c2)(c2nncn2C)C1. The van der Waals surface area contributed by atoms with Crippen molar-refractivity contribution in [2.45, 2.75) is 81.8 Å². The van der Waals surface area contributed by atoms with Gasteiger partial charge in [0, 0.05) is 37.0 Å². The molecule has 2 fully saturated rings. The highest BCUT2D eigenvalue weighted by Crippen LogP contribution is 2.50. The Morgan fingerprint density at radius 1 is 1.18 bits per heavy atom. The van der Waals surface area contributed by atoms with E-state index < -0.39 is 23.1 Å². The van der Waals surface area contributed by atoms with Crippen LogP contribution in [0.1, 0.15) is 90.4 Å². The number of carbonyl (C=O) groups excluding carboxylic acids is 1. The lowest BCUT2D eigenvalue weighted by Gasteiger charge is -2.46. The van der Waals surface area contributed by atoms with Gasteiger partial charge in [-0.2, -0.15) is 13.2 Å². The lowest BCUT2D eigenvalue weighted by Crippen LogP contribution is -2.49. The summed E-state index contributed by atoms with van der Waals surface area (Å²) in [4.78, 5) is 15.2. The van der Waals surface area contributed by atoms with Crippen LogP contribution in [0.4, 0.5) is 18.9 Å². The van der Waals surface area contributed by atoms with Crippen LogP contribution in [0.25, 0.3) is 0 Å². The number of ether oxygens (including phenoxy) is 1. The molecule has 212 valence electrons. The smallest absolute Gasteiger partial charge is 0.381 e. The van der Waals surface area contributed by atoms with Crippen molar-refractivity contribution in [1.29, 1.82) is 0 Å².